The van der Waals surface area contributed by atoms with E-state index in [4.69, 9.17) is 5.73 Å². The number of rotatable bonds is 4. The highest BCUT2D eigenvalue weighted by Crippen LogP contribution is 2.16. The molecule has 1 saturated heterocycles. The number of carbonyl (C=O) groups excluding carboxylic acids is 2. The van der Waals surface area contributed by atoms with Crippen LogP contribution < -0.4 is 5.73 Å². The normalized spacial score (nSPS) is 16.5. The molecule has 1 aliphatic heterocycles. The monoisotopic (exact) mass is 357 g/mol. The molecule has 1 atom stereocenters. The Kier molecular flexibility index (Phi) is 6.41. The van der Waals surface area contributed by atoms with Gasteiger partial charge in [-0.3, -0.25) is 9.59 Å². The molecule has 0 spiro atoms. The number of benzene rings is 1. The van der Waals surface area contributed by atoms with Gasteiger partial charge in [0.05, 0.1) is 0 Å². The van der Waals surface area contributed by atoms with E-state index >= 15 is 0 Å². The number of halogens is 3. The summed E-state index contributed by atoms with van der Waals surface area (Å²) in [5.41, 5.74) is 5.83. The topological polar surface area (TPSA) is 66.6 Å². The first-order valence-corrected chi connectivity index (χ1v) is 8.20. The predicted octanol–water partition coefficient (Wildman–Crippen LogP) is 1.44. The summed E-state index contributed by atoms with van der Waals surface area (Å²) in [4.78, 5) is 27.1. The molecule has 2 rings (SSSR count). The lowest BCUT2D eigenvalue weighted by molar-refractivity contribution is -0.132. The second-order valence-electron chi connectivity index (χ2n) is 6.27. The van der Waals surface area contributed by atoms with E-state index in [0.717, 1.165) is 6.07 Å². The molecule has 0 aliphatic carbocycles. The van der Waals surface area contributed by atoms with Crippen molar-refractivity contribution in [2.45, 2.75) is 32.2 Å². The standard InChI is InChI=1S/C17H22F3N3O2/c1-11(24)22-3-2-4-23(6-5-22)17(25)9-13(21)7-12-8-15(19)16(20)10-14(12)18/h8,10,13H,2-7,9,21H2,1H3/t13-/m1/s1. The third kappa shape index (κ3) is 5.19. The molecular weight excluding hydrogens is 335 g/mol. The summed E-state index contributed by atoms with van der Waals surface area (Å²) in [6.45, 7) is 3.50. The second kappa shape index (κ2) is 8.33. The van der Waals surface area contributed by atoms with Gasteiger partial charge in [-0.2, -0.15) is 0 Å². The summed E-state index contributed by atoms with van der Waals surface area (Å²) >= 11 is 0. The Bertz CT molecular complexity index is 654. The number of hydrogen-bond donors (Lipinski definition) is 1. The fourth-order valence-electron chi connectivity index (χ4n) is 2.91. The zero-order chi connectivity index (χ0) is 18.6. The van der Waals surface area contributed by atoms with Gasteiger partial charge in [-0.1, -0.05) is 0 Å². The Morgan fingerprint density at radius 1 is 1.04 bits per heavy atom. The average molecular weight is 357 g/mol. The van der Waals surface area contributed by atoms with Gasteiger partial charge in [0.25, 0.3) is 0 Å². The van der Waals surface area contributed by atoms with E-state index in [1.807, 2.05) is 0 Å². The maximum atomic E-state index is 13.7. The van der Waals surface area contributed by atoms with Crippen LogP contribution in [-0.2, 0) is 16.0 Å². The lowest BCUT2D eigenvalue weighted by Crippen LogP contribution is -2.39. The Labute approximate surface area is 144 Å². The molecule has 1 aliphatic rings. The van der Waals surface area contributed by atoms with Gasteiger partial charge >= 0.3 is 0 Å². The molecule has 1 fully saturated rings. The van der Waals surface area contributed by atoms with Crippen LogP contribution in [-0.4, -0.2) is 53.8 Å². The van der Waals surface area contributed by atoms with Crippen LogP contribution in [0.2, 0.25) is 0 Å². The highest BCUT2D eigenvalue weighted by atomic mass is 19.2. The molecule has 0 saturated carbocycles. The Morgan fingerprint density at radius 3 is 2.32 bits per heavy atom. The molecule has 1 aromatic carbocycles. The summed E-state index contributed by atoms with van der Waals surface area (Å²) in [5.74, 6) is -3.51. The van der Waals surface area contributed by atoms with Crippen molar-refractivity contribution in [3.05, 3.63) is 35.1 Å². The third-order valence-electron chi connectivity index (χ3n) is 4.30. The van der Waals surface area contributed by atoms with Crippen LogP contribution in [0.4, 0.5) is 13.2 Å². The van der Waals surface area contributed by atoms with E-state index in [1.165, 1.54) is 6.92 Å². The smallest absolute Gasteiger partial charge is 0.224 e. The molecule has 0 aromatic heterocycles. The summed E-state index contributed by atoms with van der Waals surface area (Å²) in [7, 11) is 0. The van der Waals surface area contributed by atoms with Crippen LogP contribution >= 0.6 is 0 Å². The van der Waals surface area contributed by atoms with E-state index in [0.29, 0.717) is 38.7 Å². The van der Waals surface area contributed by atoms with E-state index in [2.05, 4.69) is 0 Å². The van der Waals surface area contributed by atoms with Crippen LogP contribution in [0.25, 0.3) is 0 Å². The van der Waals surface area contributed by atoms with Crippen molar-refractivity contribution >= 4 is 11.8 Å². The predicted molar refractivity (Wildman–Crippen MR) is 86.1 cm³/mol. The lowest BCUT2D eigenvalue weighted by Gasteiger charge is -2.23. The molecule has 0 unspecified atom stereocenters. The molecule has 2 N–H and O–H groups in total. The minimum absolute atomic E-state index is 0.0280. The first-order chi connectivity index (χ1) is 11.8. The summed E-state index contributed by atoms with van der Waals surface area (Å²) in [5, 5.41) is 0. The largest absolute Gasteiger partial charge is 0.341 e. The zero-order valence-electron chi connectivity index (χ0n) is 14.1. The molecule has 0 radical (unpaired) electrons. The summed E-state index contributed by atoms with van der Waals surface area (Å²) in [6, 6.07) is 0.537. The van der Waals surface area contributed by atoms with Crippen LogP contribution in [0.5, 0.6) is 0 Å². The minimum atomic E-state index is -1.26. The van der Waals surface area contributed by atoms with Gasteiger partial charge in [-0.05, 0) is 24.5 Å². The molecule has 0 bridgehead atoms. The average Bonchev–Trinajstić information content (AvgIpc) is 2.78. The molecule has 25 heavy (non-hydrogen) atoms. The molecule has 138 valence electrons. The highest BCUT2D eigenvalue weighted by Gasteiger charge is 2.22. The van der Waals surface area contributed by atoms with Crippen molar-refractivity contribution in [3.63, 3.8) is 0 Å². The first kappa shape index (κ1) is 19.2. The number of nitrogens with two attached hydrogens (primary N) is 1. The molecule has 1 heterocycles. The fourth-order valence-corrected chi connectivity index (χ4v) is 2.91. The maximum Gasteiger partial charge on any atom is 0.224 e. The summed E-state index contributed by atoms with van der Waals surface area (Å²) < 4.78 is 39.8. The van der Waals surface area contributed by atoms with Crippen molar-refractivity contribution in [3.8, 4) is 0 Å². The van der Waals surface area contributed by atoms with Crippen molar-refractivity contribution in [1.29, 1.82) is 0 Å². The van der Waals surface area contributed by atoms with E-state index in [1.54, 1.807) is 9.80 Å². The molecule has 5 nitrogen and oxygen atoms in total. The minimum Gasteiger partial charge on any atom is -0.341 e. The van der Waals surface area contributed by atoms with Gasteiger partial charge in [-0.15, -0.1) is 0 Å². The third-order valence-corrected chi connectivity index (χ3v) is 4.30. The van der Waals surface area contributed by atoms with Gasteiger partial charge in [0.15, 0.2) is 11.6 Å². The van der Waals surface area contributed by atoms with Crippen molar-refractivity contribution in [2.75, 3.05) is 26.2 Å². The van der Waals surface area contributed by atoms with Crippen LogP contribution in [0, 0.1) is 17.5 Å². The SMILES string of the molecule is CC(=O)N1CCCN(C(=O)C[C@H](N)Cc2cc(F)c(F)cc2F)CC1. The Balaban J connectivity index is 1.92. The van der Waals surface area contributed by atoms with Crippen molar-refractivity contribution in [2.24, 2.45) is 5.73 Å². The molecule has 1 aromatic rings. The molecule has 8 heteroatoms. The first-order valence-electron chi connectivity index (χ1n) is 8.20. The van der Waals surface area contributed by atoms with Gasteiger partial charge in [0.2, 0.25) is 11.8 Å². The molecule has 2 amide bonds. The Morgan fingerprint density at radius 2 is 1.64 bits per heavy atom. The number of amides is 2. The van der Waals surface area contributed by atoms with Gasteiger partial charge in [-0.25, -0.2) is 13.2 Å². The van der Waals surface area contributed by atoms with Gasteiger partial charge in [0.1, 0.15) is 5.82 Å². The van der Waals surface area contributed by atoms with Crippen LogP contribution in [0.1, 0.15) is 25.3 Å². The Hall–Kier alpha value is -2.09. The maximum absolute atomic E-state index is 13.7. The quantitative estimate of drug-likeness (QED) is 0.830. The van der Waals surface area contributed by atoms with Gasteiger partial charge in [0, 0.05) is 51.6 Å². The fraction of sp³-hybridized carbons (Fsp3) is 0.529. The zero-order valence-corrected chi connectivity index (χ0v) is 14.1. The van der Waals surface area contributed by atoms with Crippen LogP contribution in [0.15, 0.2) is 12.1 Å². The summed E-state index contributed by atoms with van der Waals surface area (Å²) in [6.07, 6.45) is 0.582. The van der Waals surface area contributed by atoms with E-state index < -0.39 is 23.5 Å². The van der Waals surface area contributed by atoms with Gasteiger partial charge < -0.3 is 15.5 Å². The highest BCUT2D eigenvalue weighted by molar-refractivity contribution is 5.77. The van der Waals surface area contributed by atoms with E-state index in [-0.39, 0.29) is 30.2 Å². The van der Waals surface area contributed by atoms with Crippen molar-refractivity contribution in [1.82, 2.24) is 9.80 Å². The van der Waals surface area contributed by atoms with E-state index in [9.17, 15) is 22.8 Å². The number of hydrogen-bond acceptors (Lipinski definition) is 3. The molecular formula is C17H22F3N3O2. The second-order valence-corrected chi connectivity index (χ2v) is 6.27. The number of nitrogens with zero attached hydrogens (tertiary/aromatic N) is 2. The number of carbonyl (C=O) groups is 2. The van der Waals surface area contributed by atoms with Crippen molar-refractivity contribution < 1.29 is 22.8 Å². The lowest BCUT2D eigenvalue weighted by atomic mass is 10.0. The van der Waals surface area contributed by atoms with Crippen LogP contribution in [0.3, 0.4) is 0 Å².